The zero-order chi connectivity index (χ0) is 17.0. The second-order valence-electron chi connectivity index (χ2n) is 4.63. The van der Waals surface area contributed by atoms with Gasteiger partial charge in [0.1, 0.15) is 6.33 Å². The lowest BCUT2D eigenvalue weighted by atomic mass is 10.2. The number of nitrogens with zero attached hydrogens (tertiary/aromatic N) is 4. The topological polar surface area (TPSA) is 113 Å². The number of nitro groups is 1. The number of aromatic nitrogens is 2. The summed E-state index contributed by atoms with van der Waals surface area (Å²) in [6.07, 6.45) is 1.18. The fourth-order valence-corrected chi connectivity index (χ4v) is 2.01. The van der Waals surface area contributed by atoms with Crippen molar-refractivity contribution in [1.82, 2.24) is 15.4 Å². The average Bonchev–Trinajstić information content (AvgIpc) is 2.52. The summed E-state index contributed by atoms with van der Waals surface area (Å²) in [6, 6.07) is 6.65. The molecule has 0 saturated heterocycles. The Labute approximate surface area is 140 Å². The van der Waals surface area contributed by atoms with Gasteiger partial charge in [0, 0.05) is 24.1 Å². The van der Waals surface area contributed by atoms with Gasteiger partial charge >= 0.3 is 5.69 Å². The highest BCUT2D eigenvalue weighted by molar-refractivity contribution is 9.10. The van der Waals surface area contributed by atoms with E-state index < -0.39 is 10.8 Å². The predicted molar refractivity (Wildman–Crippen MR) is 88.2 cm³/mol. The molecule has 0 aliphatic carbocycles. The normalized spacial score (nSPS) is 10.0. The molecule has 0 unspecified atom stereocenters. The minimum atomic E-state index is -0.608. The van der Waals surface area contributed by atoms with Crippen LogP contribution >= 0.6 is 15.9 Å². The van der Waals surface area contributed by atoms with Gasteiger partial charge in [-0.2, -0.15) is 0 Å². The van der Waals surface area contributed by atoms with E-state index in [4.69, 9.17) is 0 Å². The maximum Gasteiger partial charge on any atom is 0.355 e. The fraction of sp³-hybridized carbons (Fsp3) is 0.154. The number of halogens is 1. The lowest BCUT2D eigenvalue weighted by Crippen LogP contribution is -2.30. The molecule has 2 rings (SSSR count). The van der Waals surface area contributed by atoms with Crippen molar-refractivity contribution in [3.05, 3.63) is 50.7 Å². The SMILES string of the molecule is CN(C)c1ncnc(NNC(=O)c2ccc(Br)cc2)c1[N+](=O)[O-]. The first kappa shape index (κ1) is 16.6. The highest BCUT2D eigenvalue weighted by Crippen LogP contribution is 2.29. The average molecular weight is 381 g/mol. The number of carbonyl (C=O) groups is 1. The van der Waals surface area contributed by atoms with E-state index in [0.29, 0.717) is 5.56 Å². The minimum Gasteiger partial charge on any atom is -0.357 e. The van der Waals surface area contributed by atoms with Gasteiger partial charge in [-0.25, -0.2) is 9.97 Å². The summed E-state index contributed by atoms with van der Waals surface area (Å²) < 4.78 is 0.837. The maximum absolute atomic E-state index is 12.0. The molecule has 1 aromatic heterocycles. The van der Waals surface area contributed by atoms with E-state index in [2.05, 4.69) is 36.7 Å². The van der Waals surface area contributed by atoms with Crippen molar-refractivity contribution in [3.8, 4) is 0 Å². The van der Waals surface area contributed by atoms with Gasteiger partial charge in [0.2, 0.25) is 11.6 Å². The molecule has 0 aliphatic heterocycles. The van der Waals surface area contributed by atoms with Gasteiger partial charge in [0.25, 0.3) is 5.91 Å². The van der Waals surface area contributed by atoms with Crippen LogP contribution in [0.4, 0.5) is 17.3 Å². The number of hydrogen-bond donors (Lipinski definition) is 2. The molecule has 0 saturated carbocycles. The number of carbonyl (C=O) groups excluding carboxylic acids is 1. The van der Waals surface area contributed by atoms with Crippen molar-refractivity contribution in [3.63, 3.8) is 0 Å². The Hall–Kier alpha value is -2.75. The molecular formula is C13H13BrN6O3. The Morgan fingerprint density at radius 2 is 1.91 bits per heavy atom. The van der Waals surface area contributed by atoms with Gasteiger partial charge in [-0.15, -0.1) is 0 Å². The third kappa shape index (κ3) is 3.92. The molecule has 0 atom stereocenters. The molecule has 120 valence electrons. The summed E-state index contributed by atoms with van der Waals surface area (Å²) in [5.41, 5.74) is 4.92. The van der Waals surface area contributed by atoms with E-state index in [0.717, 1.165) is 4.47 Å². The van der Waals surface area contributed by atoms with E-state index in [1.165, 1.54) is 11.2 Å². The van der Waals surface area contributed by atoms with Gasteiger partial charge in [-0.3, -0.25) is 25.8 Å². The largest absolute Gasteiger partial charge is 0.357 e. The molecule has 0 fully saturated rings. The zero-order valence-electron chi connectivity index (χ0n) is 12.3. The number of hydrazine groups is 1. The molecule has 1 amide bonds. The van der Waals surface area contributed by atoms with E-state index in [1.54, 1.807) is 38.4 Å². The van der Waals surface area contributed by atoms with Gasteiger partial charge < -0.3 is 4.90 Å². The van der Waals surface area contributed by atoms with E-state index in [-0.39, 0.29) is 17.3 Å². The van der Waals surface area contributed by atoms with Crippen molar-refractivity contribution in [1.29, 1.82) is 0 Å². The van der Waals surface area contributed by atoms with Gasteiger partial charge in [0.05, 0.1) is 4.92 Å². The van der Waals surface area contributed by atoms with Crippen LogP contribution in [0, 0.1) is 10.1 Å². The highest BCUT2D eigenvalue weighted by atomic mass is 79.9. The predicted octanol–water partition coefficient (Wildman–Crippen LogP) is 1.97. The molecule has 0 spiro atoms. The number of anilines is 2. The number of amides is 1. The Morgan fingerprint density at radius 3 is 2.48 bits per heavy atom. The van der Waals surface area contributed by atoms with Crippen molar-refractivity contribution in [2.45, 2.75) is 0 Å². The third-order valence-electron chi connectivity index (χ3n) is 2.81. The van der Waals surface area contributed by atoms with E-state index >= 15 is 0 Å². The highest BCUT2D eigenvalue weighted by Gasteiger charge is 2.24. The van der Waals surface area contributed by atoms with Crippen LogP contribution in [0.3, 0.4) is 0 Å². The molecule has 2 aromatic rings. The number of rotatable bonds is 5. The minimum absolute atomic E-state index is 0.0980. The van der Waals surface area contributed by atoms with Gasteiger partial charge in [-0.05, 0) is 24.3 Å². The number of nitrogens with one attached hydrogen (secondary N) is 2. The molecule has 0 aliphatic rings. The second-order valence-corrected chi connectivity index (χ2v) is 5.55. The monoisotopic (exact) mass is 380 g/mol. The van der Waals surface area contributed by atoms with Crippen molar-refractivity contribution in [2.24, 2.45) is 0 Å². The first-order chi connectivity index (χ1) is 10.9. The molecule has 1 heterocycles. The molecule has 0 radical (unpaired) electrons. The summed E-state index contributed by atoms with van der Waals surface area (Å²) in [5, 5.41) is 11.2. The van der Waals surface area contributed by atoms with Gasteiger partial charge in [0.15, 0.2) is 0 Å². The fourth-order valence-electron chi connectivity index (χ4n) is 1.75. The standard InChI is InChI=1S/C13H13BrN6O3/c1-19(2)12-10(20(22)23)11(15-7-16-12)17-18-13(21)8-3-5-9(14)6-4-8/h3-7H,1-2H3,(H,18,21)(H,15,16,17). The first-order valence-corrected chi connectivity index (χ1v) is 7.18. The molecule has 10 heteroatoms. The summed E-state index contributed by atoms with van der Waals surface area (Å²) in [4.78, 5) is 31.8. The molecule has 0 bridgehead atoms. The van der Waals surface area contributed by atoms with Crippen LogP contribution in [0.2, 0.25) is 0 Å². The Balaban J connectivity index is 2.20. The van der Waals surface area contributed by atoms with Crippen LogP contribution < -0.4 is 15.8 Å². The number of benzene rings is 1. The summed E-state index contributed by atoms with van der Waals surface area (Å²) >= 11 is 3.27. The molecule has 2 N–H and O–H groups in total. The number of hydrogen-bond acceptors (Lipinski definition) is 7. The van der Waals surface area contributed by atoms with Crippen LogP contribution in [-0.2, 0) is 0 Å². The van der Waals surface area contributed by atoms with Crippen molar-refractivity contribution >= 4 is 39.2 Å². The summed E-state index contributed by atoms with van der Waals surface area (Å²) in [5.74, 6) is -0.415. The van der Waals surface area contributed by atoms with E-state index in [1.807, 2.05) is 0 Å². The zero-order valence-corrected chi connectivity index (χ0v) is 13.9. The van der Waals surface area contributed by atoms with Crippen LogP contribution in [-0.4, -0.2) is 34.9 Å². The van der Waals surface area contributed by atoms with Crippen molar-refractivity contribution < 1.29 is 9.72 Å². The lowest BCUT2D eigenvalue weighted by molar-refractivity contribution is -0.383. The summed E-state index contributed by atoms with van der Waals surface area (Å²) in [6.45, 7) is 0. The smallest absolute Gasteiger partial charge is 0.355 e. The Morgan fingerprint density at radius 1 is 1.26 bits per heavy atom. The first-order valence-electron chi connectivity index (χ1n) is 6.38. The van der Waals surface area contributed by atoms with E-state index in [9.17, 15) is 14.9 Å². The van der Waals surface area contributed by atoms with Crippen LogP contribution in [0.15, 0.2) is 35.1 Å². The molecular weight excluding hydrogens is 368 g/mol. The Kier molecular flexibility index (Phi) is 5.06. The third-order valence-corrected chi connectivity index (χ3v) is 3.34. The molecule has 9 nitrogen and oxygen atoms in total. The summed E-state index contributed by atoms with van der Waals surface area (Å²) in [7, 11) is 3.25. The molecule has 1 aromatic carbocycles. The molecule has 23 heavy (non-hydrogen) atoms. The van der Waals surface area contributed by atoms with Crippen molar-refractivity contribution in [2.75, 3.05) is 24.4 Å². The van der Waals surface area contributed by atoms with Crippen LogP contribution in [0.5, 0.6) is 0 Å². The van der Waals surface area contributed by atoms with Crippen LogP contribution in [0.25, 0.3) is 0 Å². The van der Waals surface area contributed by atoms with Gasteiger partial charge in [-0.1, -0.05) is 15.9 Å². The van der Waals surface area contributed by atoms with Crippen LogP contribution in [0.1, 0.15) is 10.4 Å². The Bertz CT molecular complexity index is 735. The lowest BCUT2D eigenvalue weighted by Gasteiger charge is -2.13. The maximum atomic E-state index is 12.0. The second kappa shape index (κ2) is 7.01. The quantitative estimate of drug-likeness (QED) is 0.601.